The number of nitrogens with one attached hydrogen (secondary N) is 1. The molecule has 0 aliphatic carbocycles. The number of anilines is 1. The molecule has 0 aliphatic heterocycles. The van der Waals surface area contributed by atoms with Crippen LogP contribution in [0.5, 0.6) is 0 Å². The van der Waals surface area contributed by atoms with Gasteiger partial charge in [0.1, 0.15) is 6.04 Å². The first-order valence-corrected chi connectivity index (χ1v) is 4.05. The lowest BCUT2D eigenvalue weighted by molar-refractivity contribution is -0.149. The molecular weight excluding hydrogens is 193 g/mol. The standard InChI is InChI=1S/C9H11F3N2/c1-14-7-4-2-6(3-5-7)8(13)9(10,11)12/h2-5,8,14H,13H2,1H3/t8-/m0/s1. The van der Waals surface area contributed by atoms with Gasteiger partial charge in [0, 0.05) is 12.7 Å². The maximum absolute atomic E-state index is 12.2. The molecule has 0 spiro atoms. The average Bonchev–Trinajstić information content (AvgIpc) is 2.15. The molecule has 0 saturated heterocycles. The smallest absolute Gasteiger partial charge is 0.388 e. The van der Waals surface area contributed by atoms with Crippen molar-refractivity contribution < 1.29 is 13.2 Å². The highest BCUT2D eigenvalue weighted by Crippen LogP contribution is 2.30. The second kappa shape index (κ2) is 3.88. The number of alkyl halides is 3. The third kappa shape index (κ3) is 2.38. The van der Waals surface area contributed by atoms with Crippen molar-refractivity contribution in [3.8, 4) is 0 Å². The van der Waals surface area contributed by atoms with Crippen LogP contribution in [0.15, 0.2) is 24.3 Å². The molecular formula is C9H11F3N2. The first-order chi connectivity index (χ1) is 6.45. The van der Waals surface area contributed by atoms with Crippen molar-refractivity contribution in [2.45, 2.75) is 12.2 Å². The molecule has 0 radical (unpaired) electrons. The molecule has 0 bridgehead atoms. The van der Waals surface area contributed by atoms with E-state index in [2.05, 4.69) is 5.32 Å². The van der Waals surface area contributed by atoms with Crippen molar-refractivity contribution in [2.24, 2.45) is 5.73 Å². The molecule has 0 amide bonds. The Morgan fingerprint density at radius 3 is 2.07 bits per heavy atom. The van der Waals surface area contributed by atoms with Crippen LogP contribution in [0.2, 0.25) is 0 Å². The Hall–Kier alpha value is -1.23. The monoisotopic (exact) mass is 204 g/mol. The van der Waals surface area contributed by atoms with Crippen LogP contribution in [0.4, 0.5) is 18.9 Å². The lowest BCUT2D eigenvalue weighted by Gasteiger charge is -2.15. The molecule has 5 heteroatoms. The molecule has 1 aromatic rings. The molecule has 3 N–H and O–H groups in total. The van der Waals surface area contributed by atoms with E-state index in [1.807, 2.05) is 0 Å². The number of hydrogen-bond donors (Lipinski definition) is 2. The fraction of sp³-hybridized carbons (Fsp3) is 0.333. The largest absolute Gasteiger partial charge is 0.407 e. The fourth-order valence-corrected chi connectivity index (χ4v) is 1.05. The lowest BCUT2D eigenvalue weighted by atomic mass is 10.1. The van der Waals surface area contributed by atoms with Crippen molar-refractivity contribution >= 4 is 5.69 Å². The Bertz CT molecular complexity index is 292. The summed E-state index contributed by atoms with van der Waals surface area (Å²) in [5.41, 5.74) is 5.84. The number of hydrogen-bond acceptors (Lipinski definition) is 2. The second-order valence-electron chi connectivity index (χ2n) is 2.89. The normalized spacial score (nSPS) is 13.8. The summed E-state index contributed by atoms with van der Waals surface area (Å²) in [5.74, 6) is 0. The van der Waals surface area contributed by atoms with Crippen LogP contribution >= 0.6 is 0 Å². The first kappa shape index (κ1) is 10.8. The predicted octanol–water partition coefficient (Wildman–Crippen LogP) is 2.29. The Labute approximate surface area is 79.9 Å². The van der Waals surface area contributed by atoms with Gasteiger partial charge in [-0.2, -0.15) is 13.2 Å². The van der Waals surface area contributed by atoms with Crippen LogP contribution in [0.3, 0.4) is 0 Å². The van der Waals surface area contributed by atoms with Crippen LogP contribution in [-0.2, 0) is 0 Å². The van der Waals surface area contributed by atoms with Gasteiger partial charge in [-0.25, -0.2) is 0 Å². The lowest BCUT2D eigenvalue weighted by Crippen LogP contribution is -2.28. The molecule has 0 heterocycles. The summed E-state index contributed by atoms with van der Waals surface area (Å²) in [6, 6.07) is 3.93. The van der Waals surface area contributed by atoms with Crippen LogP contribution in [0, 0.1) is 0 Å². The molecule has 0 saturated carbocycles. The summed E-state index contributed by atoms with van der Waals surface area (Å²) in [4.78, 5) is 0. The fourth-order valence-electron chi connectivity index (χ4n) is 1.05. The van der Waals surface area contributed by atoms with Gasteiger partial charge < -0.3 is 11.1 Å². The second-order valence-corrected chi connectivity index (χ2v) is 2.89. The van der Waals surface area contributed by atoms with Crippen molar-refractivity contribution in [3.05, 3.63) is 29.8 Å². The van der Waals surface area contributed by atoms with Gasteiger partial charge in [-0.1, -0.05) is 12.1 Å². The molecule has 1 rings (SSSR count). The Morgan fingerprint density at radius 1 is 1.21 bits per heavy atom. The SMILES string of the molecule is CNc1ccc([C@H](N)C(F)(F)F)cc1. The van der Waals surface area contributed by atoms with E-state index in [4.69, 9.17) is 5.73 Å². The van der Waals surface area contributed by atoms with Gasteiger partial charge in [0.25, 0.3) is 0 Å². The Balaban J connectivity index is 2.87. The third-order valence-corrected chi connectivity index (χ3v) is 1.91. The highest BCUT2D eigenvalue weighted by atomic mass is 19.4. The van der Waals surface area contributed by atoms with E-state index in [-0.39, 0.29) is 5.56 Å². The maximum atomic E-state index is 12.2. The number of nitrogens with two attached hydrogens (primary N) is 1. The summed E-state index contributed by atoms with van der Waals surface area (Å²) in [6.45, 7) is 0. The first-order valence-electron chi connectivity index (χ1n) is 4.05. The van der Waals surface area contributed by atoms with E-state index in [0.29, 0.717) is 0 Å². The Kier molecular flexibility index (Phi) is 3.00. The quantitative estimate of drug-likeness (QED) is 0.775. The van der Waals surface area contributed by atoms with Crippen molar-refractivity contribution in [2.75, 3.05) is 12.4 Å². The topological polar surface area (TPSA) is 38.0 Å². The summed E-state index contributed by atoms with van der Waals surface area (Å²) in [5, 5.41) is 2.81. The van der Waals surface area contributed by atoms with Gasteiger partial charge in [0.2, 0.25) is 0 Å². The maximum Gasteiger partial charge on any atom is 0.407 e. The third-order valence-electron chi connectivity index (χ3n) is 1.91. The predicted molar refractivity (Wildman–Crippen MR) is 49.0 cm³/mol. The molecule has 1 aromatic carbocycles. The van der Waals surface area contributed by atoms with Crippen molar-refractivity contribution in [1.82, 2.24) is 0 Å². The summed E-state index contributed by atoms with van der Waals surface area (Å²) >= 11 is 0. The number of benzene rings is 1. The summed E-state index contributed by atoms with van der Waals surface area (Å²) in [7, 11) is 1.69. The van der Waals surface area contributed by atoms with Crippen molar-refractivity contribution in [3.63, 3.8) is 0 Å². The van der Waals surface area contributed by atoms with Crippen molar-refractivity contribution in [1.29, 1.82) is 0 Å². The number of halogens is 3. The van der Waals surface area contributed by atoms with E-state index >= 15 is 0 Å². The van der Waals surface area contributed by atoms with Gasteiger partial charge in [0.05, 0.1) is 0 Å². The van der Waals surface area contributed by atoms with Crippen LogP contribution in [0.25, 0.3) is 0 Å². The Morgan fingerprint density at radius 2 is 1.71 bits per heavy atom. The zero-order valence-corrected chi connectivity index (χ0v) is 7.60. The van der Waals surface area contributed by atoms with E-state index in [1.165, 1.54) is 12.1 Å². The van der Waals surface area contributed by atoms with E-state index in [1.54, 1.807) is 19.2 Å². The van der Waals surface area contributed by atoms with E-state index in [9.17, 15) is 13.2 Å². The summed E-state index contributed by atoms with van der Waals surface area (Å²) < 4.78 is 36.5. The molecule has 78 valence electrons. The highest BCUT2D eigenvalue weighted by Gasteiger charge is 2.37. The molecule has 14 heavy (non-hydrogen) atoms. The van der Waals surface area contributed by atoms with E-state index < -0.39 is 12.2 Å². The minimum atomic E-state index is -4.39. The molecule has 0 fully saturated rings. The minimum absolute atomic E-state index is 0.0662. The minimum Gasteiger partial charge on any atom is -0.388 e. The molecule has 0 unspecified atom stereocenters. The molecule has 1 atom stereocenters. The van der Waals surface area contributed by atoms with E-state index in [0.717, 1.165) is 5.69 Å². The van der Waals surface area contributed by atoms with Gasteiger partial charge in [0.15, 0.2) is 0 Å². The van der Waals surface area contributed by atoms with Gasteiger partial charge >= 0.3 is 6.18 Å². The zero-order valence-electron chi connectivity index (χ0n) is 7.60. The zero-order chi connectivity index (χ0) is 10.8. The molecule has 2 nitrogen and oxygen atoms in total. The molecule has 0 aliphatic rings. The van der Waals surface area contributed by atoms with Crippen LogP contribution in [-0.4, -0.2) is 13.2 Å². The molecule has 0 aromatic heterocycles. The van der Waals surface area contributed by atoms with Gasteiger partial charge in [-0.3, -0.25) is 0 Å². The van der Waals surface area contributed by atoms with Crippen LogP contribution < -0.4 is 11.1 Å². The number of rotatable bonds is 2. The highest BCUT2D eigenvalue weighted by molar-refractivity contribution is 5.44. The summed E-state index contributed by atoms with van der Waals surface area (Å²) in [6.07, 6.45) is -4.39. The van der Waals surface area contributed by atoms with Gasteiger partial charge in [-0.05, 0) is 17.7 Å². The van der Waals surface area contributed by atoms with Gasteiger partial charge in [-0.15, -0.1) is 0 Å². The average molecular weight is 204 g/mol. The van der Waals surface area contributed by atoms with Crippen LogP contribution in [0.1, 0.15) is 11.6 Å².